The quantitative estimate of drug-likeness (QED) is 0.590. The van der Waals surface area contributed by atoms with E-state index in [0.29, 0.717) is 13.1 Å². The molecule has 2 aliphatic rings. The number of methoxy groups -OCH3 is 1. The fourth-order valence-electron chi connectivity index (χ4n) is 3.78. The van der Waals surface area contributed by atoms with Crippen LogP contribution >= 0.6 is 0 Å². The Morgan fingerprint density at radius 1 is 0.880 bits per heavy atom. The maximum atomic E-state index is 11.8. The minimum Gasteiger partial charge on any atom is -0.453 e. The van der Waals surface area contributed by atoms with Crippen molar-refractivity contribution in [2.75, 3.05) is 20.2 Å². The van der Waals surface area contributed by atoms with Crippen molar-refractivity contribution in [3.05, 3.63) is 76.4 Å². The van der Waals surface area contributed by atoms with Gasteiger partial charge < -0.3 is 9.64 Å². The third-order valence-corrected chi connectivity index (χ3v) is 5.06. The van der Waals surface area contributed by atoms with Crippen LogP contribution in [0.3, 0.4) is 0 Å². The van der Waals surface area contributed by atoms with Crippen LogP contribution in [0.5, 0.6) is 0 Å². The fraction of sp³-hybridized carbons (Fsp3) is 0.227. The highest BCUT2D eigenvalue weighted by molar-refractivity contribution is 5.95. The van der Waals surface area contributed by atoms with Gasteiger partial charge in [-0.3, -0.25) is 0 Å². The maximum Gasteiger partial charge on any atom is 0.409 e. The minimum absolute atomic E-state index is 0.229. The van der Waals surface area contributed by atoms with Crippen LogP contribution in [0.2, 0.25) is 0 Å². The van der Waals surface area contributed by atoms with Gasteiger partial charge in [-0.2, -0.15) is 0 Å². The van der Waals surface area contributed by atoms with E-state index in [1.165, 1.54) is 40.5 Å². The number of nitrogens with zero attached hydrogens (tertiary/aromatic N) is 1. The number of carbonyl (C=O) groups excluding carboxylic acids is 1. The van der Waals surface area contributed by atoms with Crippen LogP contribution in [-0.4, -0.2) is 31.2 Å². The SMILES string of the molecule is COC(=O)N1CCC(=C2c3ccccc3C=Cc3ccccc32)CC1. The average Bonchev–Trinajstić information content (AvgIpc) is 2.84. The van der Waals surface area contributed by atoms with Crippen LogP contribution < -0.4 is 0 Å². The van der Waals surface area contributed by atoms with Crippen LogP contribution in [0.15, 0.2) is 54.1 Å². The van der Waals surface area contributed by atoms with Gasteiger partial charge in [-0.15, -0.1) is 0 Å². The topological polar surface area (TPSA) is 29.5 Å². The number of hydrogen-bond donors (Lipinski definition) is 0. The molecule has 0 bridgehead atoms. The van der Waals surface area contributed by atoms with Crippen molar-refractivity contribution in [3.8, 4) is 0 Å². The van der Waals surface area contributed by atoms with Crippen molar-refractivity contribution in [1.82, 2.24) is 4.90 Å². The van der Waals surface area contributed by atoms with E-state index in [4.69, 9.17) is 4.74 Å². The molecule has 1 heterocycles. The minimum atomic E-state index is -0.229. The van der Waals surface area contributed by atoms with Crippen LogP contribution in [0.4, 0.5) is 4.79 Å². The second-order valence-corrected chi connectivity index (χ2v) is 6.44. The lowest BCUT2D eigenvalue weighted by Crippen LogP contribution is -2.36. The van der Waals surface area contributed by atoms with Gasteiger partial charge in [-0.1, -0.05) is 66.3 Å². The Hall–Kier alpha value is -2.81. The largest absolute Gasteiger partial charge is 0.453 e. The second kappa shape index (κ2) is 6.60. The number of hydrogen-bond acceptors (Lipinski definition) is 2. The normalized spacial score (nSPS) is 16.1. The second-order valence-electron chi connectivity index (χ2n) is 6.44. The lowest BCUT2D eigenvalue weighted by molar-refractivity contribution is 0.120. The summed E-state index contributed by atoms with van der Waals surface area (Å²) in [6.07, 6.45) is 5.93. The summed E-state index contributed by atoms with van der Waals surface area (Å²) < 4.78 is 4.86. The first-order valence-corrected chi connectivity index (χ1v) is 8.70. The number of piperidine rings is 1. The monoisotopic (exact) mass is 331 g/mol. The molecule has 0 unspecified atom stereocenters. The Morgan fingerprint density at radius 3 is 1.92 bits per heavy atom. The van der Waals surface area contributed by atoms with E-state index in [9.17, 15) is 4.79 Å². The van der Waals surface area contributed by atoms with E-state index >= 15 is 0 Å². The first-order valence-electron chi connectivity index (χ1n) is 8.70. The number of fused-ring (bicyclic) bond motifs is 2. The van der Waals surface area contributed by atoms with E-state index in [1.807, 2.05) is 0 Å². The van der Waals surface area contributed by atoms with Crippen molar-refractivity contribution in [2.45, 2.75) is 12.8 Å². The molecule has 0 spiro atoms. The van der Waals surface area contributed by atoms with Gasteiger partial charge in [-0.05, 0) is 40.7 Å². The van der Waals surface area contributed by atoms with Gasteiger partial charge in [0.15, 0.2) is 0 Å². The van der Waals surface area contributed by atoms with Gasteiger partial charge in [-0.25, -0.2) is 4.79 Å². The molecule has 0 radical (unpaired) electrons. The van der Waals surface area contributed by atoms with Gasteiger partial charge in [0.2, 0.25) is 0 Å². The molecule has 1 saturated heterocycles. The highest BCUT2D eigenvalue weighted by atomic mass is 16.5. The van der Waals surface area contributed by atoms with E-state index < -0.39 is 0 Å². The van der Waals surface area contributed by atoms with Gasteiger partial charge in [0.05, 0.1) is 7.11 Å². The number of amides is 1. The Balaban J connectivity index is 1.81. The first kappa shape index (κ1) is 15.7. The Morgan fingerprint density at radius 2 is 1.40 bits per heavy atom. The van der Waals surface area contributed by atoms with E-state index in [2.05, 4.69) is 60.7 Å². The number of rotatable bonds is 0. The highest BCUT2D eigenvalue weighted by Gasteiger charge is 2.24. The number of likely N-dealkylation sites (tertiary alicyclic amines) is 1. The molecule has 0 N–H and O–H groups in total. The van der Waals surface area contributed by atoms with Gasteiger partial charge >= 0.3 is 6.09 Å². The third kappa shape index (κ3) is 2.86. The molecule has 0 aromatic heterocycles. The fourth-order valence-corrected chi connectivity index (χ4v) is 3.78. The van der Waals surface area contributed by atoms with E-state index in [1.54, 1.807) is 4.90 Å². The molecule has 1 aliphatic carbocycles. The molecule has 2 aromatic carbocycles. The van der Waals surface area contributed by atoms with E-state index in [-0.39, 0.29) is 6.09 Å². The van der Waals surface area contributed by atoms with Crippen LogP contribution in [0.25, 0.3) is 17.7 Å². The Kier molecular flexibility index (Phi) is 4.14. The molecule has 2 aromatic rings. The Bertz CT molecular complexity index is 818. The van der Waals surface area contributed by atoms with Crippen LogP contribution in [-0.2, 0) is 4.74 Å². The summed E-state index contributed by atoms with van der Waals surface area (Å²) in [7, 11) is 1.44. The summed E-state index contributed by atoms with van der Waals surface area (Å²) in [6, 6.07) is 17.1. The molecule has 0 saturated carbocycles. The summed E-state index contributed by atoms with van der Waals surface area (Å²) in [4.78, 5) is 13.6. The van der Waals surface area contributed by atoms with E-state index in [0.717, 1.165) is 12.8 Å². The molecule has 3 nitrogen and oxygen atoms in total. The summed E-state index contributed by atoms with van der Waals surface area (Å²) in [5.41, 5.74) is 7.81. The molecule has 4 rings (SSSR count). The van der Waals surface area contributed by atoms with Gasteiger partial charge in [0, 0.05) is 13.1 Å². The summed E-state index contributed by atoms with van der Waals surface area (Å²) >= 11 is 0. The van der Waals surface area contributed by atoms with Gasteiger partial charge in [0.25, 0.3) is 0 Å². The smallest absolute Gasteiger partial charge is 0.409 e. The van der Waals surface area contributed by atoms with Crippen molar-refractivity contribution in [3.63, 3.8) is 0 Å². The summed E-state index contributed by atoms with van der Waals surface area (Å²) in [5.74, 6) is 0. The molecule has 1 aliphatic heterocycles. The molecule has 1 fully saturated rings. The van der Waals surface area contributed by atoms with Crippen molar-refractivity contribution in [2.24, 2.45) is 0 Å². The zero-order valence-corrected chi connectivity index (χ0v) is 14.4. The maximum absolute atomic E-state index is 11.8. The Labute approximate surface area is 148 Å². The molecular formula is C22H21NO2. The number of benzene rings is 2. The zero-order valence-electron chi connectivity index (χ0n) is 14.4. The summed E-state index contributed by atoms with van der Waals surface area (Å²) in [5, 5.41) is 0. The molecule has 1 amide bonds. The lowest BCUT2D eigenvalue weighted by Gasteiger charge is -2.29. The van der Waals surface area contributed by atoms with Crippen molar-refractivity contribution >= 4 is 23.8 Å². The summed E-state index contributed by atoms with van der Waals surface area (Å²) in [6.45, 7) is 1.42. The standard InChI is InChI=1S/C22H21NO2/c1-25-22(24)23-14-12-18(13-15-23)21-19-8-4-2-6-16(19)10-11-17-7-3-5-9-20(17)21/h2-11H,12-15H2,1H3. The number of ether oxygens (including phenoxy) is 1. The molecule has 126 valence electrons. The van der Waals surface area contributed by atoms with Gasteiger partial charge in [0.1, 0.15) is 0 Å². The highest BCUT2D eigenvalue weighted by Crippen LogP contribution is 2.38. The molecule has 25 heavy (non-hydrogen) atoms. The number of carbonyl (C=O) groups is 1. The molecule has 0 atom stereocenters. The molecular weight excluding hydrogens is 310 g/mol. The zero-order chi connectivity index (χ0) is 17.2. The van der Waals surface area contributed by atoms with Crippen molar-refractivity contribution in [1.29, 1.82) is 0 Å². The van der Waals surface area contributed by atoms with Crippen molar-refractivity contribution < 1.29 is 9.53 Å². The molecule has 3 heteroatoms. The predicted octanol–water partition coefficient (Wildman–Crippen LogP) is 4.83. The lowest BCUT2D eigenvalue weighted by atomic mass is 9.86. The third-order valence-electron chi connectivity index (χ3n) is 5.06. The average molecular weight is 331 g/mol. The predicted molar refractivity (Wildman–Crippen MR) is 101 cm³/mol. The van der Waals surface area contributed by atoms with Crippen LogP contribution in [0.1, 0.15) is 35.1 Å². The first-order chi connectivity index (χ1) is 12.3. The van der Waals surface area contributed by atoms with Crippen LogP contribution in [0, 0.1) is 0 Å².